The first kappa shape index (κ1) is 23.9. The molecule has 0 radical (unpaired) electrons. The molecule has 1 saturated carbocycles. The quantitative estimate of drug-likeness (QED) is 0.614. The normalized spacial score (nSPS) is 25.0. The number of nitrogens with zero attached hydrogens (tertiary/aromatic N) is 2. The zero-order chi connectivity index (χ0) is 22.1. The molecule has 1 aliphatic heterocycles. The zero-order valence-corrected chi connectivity index (χ0v) is 18.0. The van der Waals surface area contributed by atoms with Gasteiger partial charge in [0.05, 0.1) is 12.1 Å². The molecule has 1 aromatic rings. The van der Waals surface area contributed by atoms with Crippen LogP contribution < -0.4 is 5.32 Å². The fourth-order valence-electron chi connectivity index (χ4n) is 4.35. The molecule has 2 heterocycles. The summed E-state index contributed by atoms with van der Waals surface area (Å²) in [6.45, 7) is 1.83. The number of methoxy groups -OCH3 is 1. The number of carbonyl (C=O) groups excluding carboxylic acids is 2. The van der Waals surface area contributed by atoms with Gasteiger partial charge in [-0.3, -0.25) is 14.4 Å². The van der Waals surface area contributed by atoms with E-state index >= 15 is 0 Å². The van der Waals surface area contributed by atoms with E-state index in [2.05, 4.69) is 22.2 Å². The fraction of sp³-hybridized carbons (Fsp3) is 0.667. The van der Waals surface area contributed by atoms with Crippen LogP contribution in [0.15, 0.2) is 18.3 Å². The summed E-state index contributed by atoms with van der Waals surface area (Å²) in [6.07, 6.45) is 5.85. The summed E-state index contributed by atoms with van der Waals surface area (Å²) in [5, 5.41) is 9.94. The first-order valence-electron chi connectivity index (χ1n) is 10.4. The lowest BCUT2D eigenvalue weighted by atomic mass is 9.82. The van der Waals surface area contributed by atoms with E-state index < -0.39 is 0 Å². The average molecular weight is 423 g/mol. The number of carboxylic acid groups (broad SMARTS) is 1. The summed E-state index contributed by atoms with van der Waals surface area (Å²) in [5.74, 6) is 0.0688. The maximum Gasteiger partial charge on any atom is 0.290 e. The Morgan fingerprint density at radius 3 is 2.53 bits per heavy atom. The molecule has 3 N–H and O–H groups in total. The minimum Gasteiger partial charge on any atom is -0.483 e. The first-order valence-corrected chi connectivity index (χ1v) is 10.4. The highest BCUT2D eigenvalue weighted by Gasteiger charge is 2.37. The van der Waals surface area contributed by atoms with E-state index in [1.165, 1.54) is 0 Å². The van der Waals surface area contributed by atoms with Gasteiger partial charge in [-0.1, -0.05) is 0 Å². The molecule has 30 heavy (non-hydrogen) atoms. The minimum atomic E-state index is -0.250. The van der Waals surface area contributed by atoms with Crippen molar-refractivity contribution in [3.8, 4) is 0 Å². The van der Waals surface area contributed by atoms with Gasteiger partial charge in [-0.2, -0.15) is 0 Å². The molecule has 0 bridgehead atoms. The van der Waals surface area contributed by atoms with Gasteiger partial charge in [0.2, 0.25) is 5.91 Å². The lowest BCUT2D eigenvalue weighted by Gasteiger charge is -2.40. The number of aromatic nitrogens is 1. The second-order valence-electron chi connectivity index (χ2n) is 8.04. The van der Waals surface area contributed by atoms with Gasteiger partial charge in [0.1, 0.15) is 5.69 Å². The Balaban J connectivity index is 0.00000101. The van der Waals surface area contributed by atoms with E-state index in [0.717, 1.165) is 38.8 Å². The number of hydrogen-bond donors (Lipinski definition) is 3. The topological polar surface area (TPSA) is 115 Å². The van der Waals surface area contributed by atoms with Gasteiger partial charge in [0.25, 0.3) is 12.4 Å². The van der Waals surface area contributed by atoms with Crippen LogP contribution in [-0.2, 0) is 14.3 Å². The van der Waals surface area contributed by atoms with Crippen LogP contribution in [0.4, 0.5) is 0 Å². The van der Waals surface area contributed by atoms with Gasteiger partial charge in [-0.25, -0.2) is 0 Å². The van der Waals surface area contributed by atoms with Crippen molar-refractivity contribution in [3.63, 3.8) is 0 Å². The van der Waals surface area contributed by atoms with Crippen molar-refractivity contribution in [2.45, 2.75) is 50.3 Å². The second-order valence-corrected chi connectivity index (χ2v) is 8.04. The molecular weight excluding hydrogens is 388 g/mol. The minimum absolute atomic E-state index is 0.0294. The van der Waals surface area contributed by atoms with Crippen molar-refractivity contribution in [1.82, 2.24) is 20.1 Å². The van der Waals surface area contributed by atoms with Gasteiger partial charge < -0.3 is 29.9 Å². The van der Waals surface area contributed by atoms with Crippen molar-refractivity contribution in [1.29, 1.82) is 0 Å². The molecule has 3 atom stereocenters. The van der Waals surface area contributed by atoms with Gasteiger partial charge in [-0.05, 0) is 64.4 Å². The maximum absolute atomic E-state index is 13.0. The third-order valence-corrected chi connectivity index (χ3v) is 6.19. The number of ether oxygens (including phenoxy) is 1. The number of hydrogen-bond acceptors (Lipinski definition) is 5. The highest BCUT2D eigenvalue weighted by molar-refractivity contribution is 5.92. The van der Waals surface area contributed by atoms with Crippen molar-refractivity contribution in [2.75, 3.05) is 34.3 Å². The van der Waals surface area contributed by atoms with Crippen LogP contribution in [-0.4, -0.2) is 90.7 Å². The van der Waals surface area contributed by atoms with Crippen molar-refractivity contribution in [2.24, 2.45) is 5.92 Å². The summed E-state index contributed by atoms with van der Waals surface area (Å²) < 4.78 is 5.64. The predicted octanol–water partition coefficient (Wildman–Crippen LogP) is 1.18. The van der Waals surface area contributed by atoms with E-state index in [1.807, 2.05) is 11.9 Å². The van der Waals surface area contributed by atoms with Crippen molar-refractivity contribution >= 4 is 18.3 Å². The van der Waals surface area contributed by atoms with E-state index in [1.54, 1.807) is 25.4 Å². The Hall–Kier alpha value is -2.39. The monoisotopic (exact) mass is 422 g/mol. The Labute approximate surface area is 177 Å². The Bertz CT molecular complexity index is 673. The van der Waals surface area contributed by atoms with E-state index in [0.29, 0.717) is 18.2 Å². The molecule has 1 saturated heterocycles. The van der Waals surface area contributed by atoms with Crippen LogP contribution in [0.1, 0.15) is 42.6 Å². The third kappa shape index (κ3) is 6.30. The molecule has 2 aliphatic rings. The molecule has 0 spiro atoms. The van der Waals surface area contributed by atoms with Crippen molar-refractivity contribution < 1.29 is 24.2 Å². The Kier molecular flexibility index (Phi) is 9.32. The standard InChI is InChI=1S/C20H32N4O3.CH2O2/c1-23-11-8-15(9-12-23)24(2)20(26)14-6-7-16(18(13-14)27-3)22-19(25)17-5-4-10-21-17;2-1-3/h4-5,10,14-16,18,21H,6-9,11-13H2,1-3H3,(H,22,25);1H,(H,2,3)/t14-,16+,18+;/m0./s1. The molecule has 2 amide bonds. The zero-order valence-electron chi connectivity index (χ0n) is 18.0. The molecule has 0 aromatic carbocycles. The number of amides is 2. The number of nitrogens with one attached hydrogen (secondary N) is 2. The Morgan fingerprint density at radius 2 is 1.97 bits per heavy atom. The summed E-state index contributed by atoms with van der Waals surface area (Å²) in [6, 6.07) is 3.82. The molecule has 3 rings (SSSR count). The molecule has 9 heteroatoms. The molecule has 1 aromatic heterocycles. The largest absolute Gasteiger partial charge is 0.483 e. The number of carbonyl (C=O) groups is 3. The van der Waals surface area contributed by atoms with Crippen LogP contribution in [0.3, 0.4) is 0 Å². The fourth-order valence-corrected chi connectivity index (χ4v) is 4.35. The molecule has 168 valence electrons. The predicted molar refractivity (Wildman–Crippen MR) is 112 cm³/mol. The van der Waals surface area contributed by atoms with Crippen LogP contribution in [0.25, 0.3) is 0 Å². The van der Waals surface area contributed by atoms with Crippen LogP contribution >= 0.6 is 0 Å². The highest BCUT2D eigenvalue weighted by atomic mass is 16.5. The molecule has 2 fully saturated rings. The third-order valence-electron chi connectivity index (χ3n) is 6.19. The molecule has 0 unspecified atom stereocenters. The molecular formula is C21H34N4O5. The first-order chi connectivity index (χ1) is 14.4. The average Bonchev–Trinajstić information content (AvgIpc) is 3.29. The summed E-state index contributed by atoms with van der Waals surface area (Å²) in [7, 11) is 5.73. The number of H-pyrrole nitrogens is 1. The summed E-state index contributed by atoms with van der Waals surface area (Å²) >= 11 is 0. The van der Waals surface area contributed by atoms with Gasteiger partial charge in [0, 0.05) is 32.3 Å². The molecule has 9 nitrogen and oxygen atoms in total. The second kappa shape index (κ2) is 11.7. The lowest BCUT2D eigenvalue weighted by molar-refractivity contribution is -0.140. The van der Waals surface area contributed by atoms with Gasteiger partial charge in [-0.15, -0.1) is 0 Å². The smallest absolute Gasteiger partial charge is 0.290 e. The van der Waals surface area contributed by atoms with Crippen molar-refractivity contribution in [3.05, 3.63) is 24.0 Å². The lowest BCUT2D eigenvalue weighted by Crippen LogP contribution is -2.52. The number of piperidine rings is 1. The van der Waals surface area contributed by atoms with E-state index in [9.17, 15) is 9.59 Å². The number of rotatable bonds is 5. The highest BCUT2D eigenvalue weighted by Crippen LogP contribution is 2.29. The maximum atomic E-state index is 13.0. The van der Waals surface area contributed by atoms with Crippen LogP contribution in [0.5, 0.6) is 0 Å². The summed E-state index contributed by atoms with van der Waals surface area (Å²) in [5.41, 5.74) is 0.546. The SMILES string of the molecule is CO[C@@H]1C[C@@H](C(=O)N(C)C2CCN(C)CC2)CC[C@H]1NC(=O)c1ccc[nH]1.O=CO. The summed E-state index contributed by atoms with van der Waals surface area (Å²) in [4.78, 5) is 40.9. The van der Waals surface area contributed by atoms with Crippen LogP contribution in [0, 0.1) is 5.92 Å². The molecule has 1 aliphatic carbocycles. The van der Waals surface area contributed by atoms with Gasteiger partial charge >= 0.3 is 0 Å². The van der Waals surface area contributed by atoms with Crippen LogP contribution in [0.2, 0.25) is 0 Å². The van der Waals surface area contributed by atoms with E-state index in [-0.39, 0.29) is 36.4 Å². The Morgan fingerprint density at radius 1 is 1.30 bits per heavy atom. The van der Waals surface area contributed by atoms with Gasteiger partial charge in [0.15, 0.2) is 0 Å². The number of aromatic amines is 1. The number of likely N-dealkylation sites (tertiary alicyclic amines) is 1. The van der Waals surface area contributed by atoms with E-state index in [4.69, 9.17) is 14.6 Å².